The van der Waals surface area contributed by atoms with Crippen LogP contribution in [0.2, 0.25) is 0 Å². The molecule has 1 heterocycles. The van der Waals surface area contributed by atoms with E-state index in [4.69, 9.17) is 9.15 Å². The Morgan fingerprint density at radius 1 is 1.10 bits per heavy atom. The highest BCUT2D eigenvalue weighted by Crippen LogP contribution is 2.28. The smallest absolute Gasteiger partial charge is 0.311 e. The number of oxazole rings is 1. The molecular weight excluding hydrogens is 374 g/mol. The maximum Gasteiger partial charge on any atom is 0.311 e. The summed E-state index contributed by atoms with van der Waals surface area (Å²) in [6, 6.07) is 18.5. The molecular formula is C21H15N3O5. The van der Waals surface area contributed by atoms with Crippen LogP contribution in [0.15, 0.2) is 71.1 Å². The van der Waals surface area contributed by atoms with E-state index in [1.807, 2.05) is 24.3 Å². The average molecular weight is 389 g/mol. The SMILES string of the molecule is COc1ccc(C(=O)Nc2ccc(-c3nc4ccccc4o3)cc2)cc1[N+](=O)[O-]. The number of nitro groups is 1. The fourth-order valence-electron chi connectivity index (χ4n) is 2.87. The van der Waals surface area contributed by atoms with E-state index in [-0.39, 0.29) is 17.0 Å². The van der Waals surface area contributed by atoms with Gasteiger partial charge >= 0.3 is 5.69 Å². The minimum Gasteiger partial charge on any atom is -0.490 e. The summed E-state index contributed by atoms with van der Waals surface area (Å²) in [7, 11) is 1.33. The summed E-state index contributed by atoms with van der Waals surface area (Å²) in [6.07, 6.45) is 0. The van der Waals surface area contributed by atoms with E-state index < -0.39 is 10.8 Å². The van der Waals surface area contributed by atoms with Crippen molar-refractivity contribution >= 4 is 28.4 Å². The summed E-state index contributed by atoms with van der Waals surface area (Å²) < 4.78 is 10.7. The second-order valence-corrected chi connectivity index (χ2v) is 6.16. The van der Waals surface area contributed by atoms with Crippen LogP contribution in [0.5, 0.6) is 5.75 Å². The molecule has 1 aromatic heterocycles. The summed E-state index contributed by atoms with van der Waals surface area (Å²) in [4.78, 5) is 27.4. The number of rotatable bonds is 5. The summed E-state index contributed by atoms with van der Waals surface area (Å²) in [5.41, 5.74) is 2.64. The number of benzene rings is 3. The predicted octanol–water partition coefficient (Wildman–Crippen LogP) is 4.66. The molecule has 0 spiro atoms. The number of aromatic nitrogens is 1. The highest BCUT2D eigenvalue weighted by molar-refractivity contribution is 6.05. The second-order valence-electron chi connectivity index (χ2n) is 6.16. The van der Waals surface area contributed by atoms with Crippen molar-refractivity contribution < 1.29 is 18.9 Å². The zero-order valence-corrected chi connectivity index (χ0v) is 15.3. The molecule has 4 rings (SSSR count). The molecule has 0 radical (unpaired) electrons. The van der Waals surface area contributed by atoms with Gasteiger partial charge in [0, 0.05) is 22.9 Å². The third kappa shape index (κ3) is 3.63. The van der Waals surface area contributed by atoms with Gasteiger partial charge in [-0.25, -0.2) is 4.98 Å². The van der Waals surface area contributed by atoms with E-state index in [0.29, 0.717) is 17.2 Å². The lowest BCUT2D eigenvalue weighted by Gasteiger charge is -2.07. The molecule has 0 saturated heterocycles. The fourth-order valence-corrected chi connectivity index (χ4v) is 2.87. The Kier molecular flexibility index (Phi) is 4.66. The van der Waals surface area contributed by atoms with Gasteiger partial charge in [-0.3, -0.25) is 14.9 Å². The van der Waals surface area contributed by atoms with Crippen molar-refractivity contribution in [3.8, 4) is 17.2 Å². The molecule has 0 aliphatic carbocycles. The van der Waals surface area contributed by atoms with Crippen molar-refractivity contribution in [1.82, 2.24) is 4.98 Å². The average Bonchev–Trinajstić information content (AvgIpc) is 3.18. The molecule has 3 aromatic carbocycles. The van der Waals surface area contributed by atoms with Crippen molar-refractivity contribution in [3.63, 3.8) is 0 Å². The summed E-state index contributed by atoms with van der Waals surface area (Å²) in [5.74, 6) is 0.106. The van der Waals surface area contributed by atoms with Crippen molar-refractivity contribution in [1.29, 1.82) is 0 Å². The van der Waals surface area contributed by atoms with Crippen LogP contribution in [0.4, 0.5) is 11.4 Å². The number of anilines is 1. The lowest BCUT2D eigenvalue weighted by molar-refractivity contribution is -0.385. The molecule has 0 atom stereocenters. The Bertz CT molecular complexity index is 1180. The molecule has 0 aliphatic rings. The first kappa shape index (κ1) is 18.2. The minimum atomic E-state index is -0.593. The molecule has 0 fully saturated rings. The van der Waals surface area contributed by atoms with Gasteiger partial charge in [0.15, 0.2) is 11.3 Å². The van der Waals surface area contributed by atoms with E-state index in [9.17, 15) is 14.9 Å². The fraction of sp³-hybridized carbons (Fsp3) is 0.0476. The number of ether oxygens (including phenoxy) is 1. The van der Waals surface area contributed by atoms with Gasteiger partial charge in [0.05, 0.1) is 12.0 Å². The number of nitro benzene ring substituents is 1. The van der Waals surface area contributed by atoms with E-state index in [2.05, 4.69) is 10.3 Å². The van der Waals surface area contributed by atoms with Crippen LogP contribution in [-0.4, -0.2) is 22.9 Å². The second kappa shape index (κ2) is 7.43. The lowest BCUT2D eigenvalue weighted by atomic mass is 10.1. The van der Waals surface area contributed by atoms with Gasteiger partial charge in [-0.15, -0.1) is 0 Å². The molecule has 1 N–H and O–H groups in total. The number of amides is 1. The number of nitrogens with one attached hydrogen (secondary N) is 1. The van der Waals surface area contributed by atoms with Gasteiger partial charge in [-0.1, -0.05) is 12.1 Å². The Morgan fingerprint density at radius 2 is 1.86 bits per heavy atom. The Hall–Kier alpha value is -4.20. The Labute approximate surface area is 164 Å². The van der Waals surface area contributed by atoms with Gasteiger partial charge in [0.1, 0.15) is 5.52 Å². The summed E-state index contributed by atoms with van der Waals surface area (Å²) >= 11 is 0. The third-order valence-corrected chi connectivity index (χ3v) is 4.32. The number of carbonyl (C=O) groups excluding carboxylic acids is 1. The zero-order chi connectivity index (χ0) is 20.4. The monoisotopic (exact) mass is 389 g/mol. The number of para-hydroxylation sites is 2. The number of methoxy groups -OCH3 is 1. The predicted molar refractivity (Wildman–Crippen MR) is 107 cm³/mol. The normalized spacial score (nSPS) is 10.7. The van der Waals surface area contributed by atoms with E-state index in [1.165, 1.54) is 25.3 Å². The molecule has 8 nitrogen and oxygen atoms in total. The molecule has 4 aromatic rings. The zero-order valence-electron chi connectivity index (χ0n) is 15.3. The van der Waals surface area contributed by atoms with Gasteiger partial charge in [-0.2, -0.15) is 0 Å². The van der Waals surface area contributed by atoms with Gasteiger partial charge in [-0.05, 0) is 48.5 Å². The number of nitrogens with zero attached hydrogens (tertiary/aromatic N) is 2. The van der Waals surface area contributed by atoms with Crippen LogP contribution < -0.4 is 10.1 Å². The topological polar surface area (TPSA) is 108 Å². The van der Waals surface area contributed by atoms with Crippen LogP contribution in [0.25, 0.3) is 22.6 Å². The quantitative estimate of drug-likeness (QED) is 0.393. The molecule has 8 heteroatoms. The van der Waals surface area contributed by atoms with Crippen molar-refractivity contribution in [3.05, 3.63) is 82.4 Å². The first-order valence-corrected chi connectivity index (χ1v) is 8.65. The van der Waals surface area contributed by atoms with Crippen molar-refractivity contribution in [2.45, 2.75) is 0 Å². The Balaban J connectivity index is 1.53. The lowest BCUT2D eigenvalue weighted by Crippen LogP contribution is -2.12. The first-order chi connectivity index (χ1) is 14.0. The van der Waals surface area contributed by atoms with E-state index >= 15 is 0 Å². The standard InChI is InChI=1S/C21H15N3O5/c1-28-19-11-8-14(12-17(19)24(26)27)20(25)22-15-9-6-13(7-10-15)21-23-16-4-2-3-5-18(16)29-21/h2-12H,1H3,(H,22,25). The van der Waals surface area contributed by atoms with Crippen LogP contribution in [0, 0.1) is 10.1 Å². The highest BCUT2D eigenvalue weighted by Gasteiger charge is 2.18. The molecule has 0 bridgehead atoms. The van der Waals surface area contributed by atoms with Crippen molar-refractivity contribution in [2.75, 3.05) is 12.4 Å². The summed E-state index contributed by atoms with van der Waals surface area (Å²) in [6.45, 7) is 0. The maximum atomic E-state index is 12.5. The minimum absolute atomic E-state index is 0.0919. The maximum absolute atomic E-state index is 12.5. The summed E-state index contributed by atoms with van der Waals surface area (Å²) in [5, 5.41) is 13.8. The molecule has 0 unspecified atom stereocenters. The Morgan fingerprint density at radius 3 is 2.55 bits per heavy atom. The van der Waals surface area contributed by atoms with Crippen LogP contribution in [0.3, 0.4) is 0 Å². The largest absolute Gasteiger partial charge is 0.490 e. The van der Waals surface area contributed by atoms with Crippen molar-refractivity contribution in [2.24, 2.45) is 0 Å². The molecule has 1 amide bonds. The number of fused-ring (bicyclic) bond motifs is 1. The van der Waals surface area contributed by atoms with Gasteiger partial charge in [0.2, 0.25) is 5.89 Å². The molecule has 144 valence electrons. The number of carbonyl (C=O) groups is 1. The van der Waals surface area contributed by atoms with Gasteiger partial charge < -0.3 is 14.5 Å². The third-order valence-electron chi connectivity index (χ3n) is 4.32. The number of hydrogen-bond donors (Lipinski definition) is 1. The molecule has 0 aliphatic heterocycles. The van der Waals surface area contributed by atoms with Crippen LogP contribution in [0.1, 0.15) is 10.4 Å². The molecule has 29 heavy (non-hydrogen) atoms. The van der Waals surface area contributed by atoms with Crippen LogP contribution >= 0.6 is 0 Å². The molecule has 0 saturated carbocycles. The highest BCUT2D eigenvalue weighted by atomic mass is 16.6. The first-order valence-electron chi connectivity index (χ1n) is 8.65. The van der Waals surface area contributed by atoms with Gasteiger partial charge in [0.25, 0.3) is 5.91 Å². The van der Waals surface area contributed by atoms with E-state index in [1.54, 1.807) is 24.3 Å². The van der Waals surface area contributed by atoms with Crippen LogP contribution in [-0.2, 0) is 0 Å². The number of hydrogen-bond acceptors (Lipinski definition) is 6. The van der Waals surface area contributed by atoms with E-state index in [0.717, 1.165) is 11.1 Å².